The van der Waals surface area contributed by atoms with E-state index in [4.69, 9.17) is 32.7 Å². The SMILES string of the molecule is O=C(Cc1ccccc1Cl)Nc1cc2c(cc1Cl)OCCCO2. The summed E-state index contributed by atoms with van der Waals surface area (Å²) in [7, 11) is 0. The monoisotopic (exact) mass is 351 g/mol. The number of hydrogen-bond acceptors (Lipinski definition) is 3. The Kier molecular flexibility index (Phi) is 4.94. The van der Waals surface area contributed by atoms with Crippen LogP contribution in [0.15, 0.2) is 36.4 Å². The number of carbonyl (C=O) groups excluding carboxylic acids is 1. The second-order valence-electron chi connectivity index (χ2n) is 5.15. The third-order valence-electron chi connectivity index (χ3n) is 3.42. The lowest BCUT2D eigenvalue weighted by molar-refractivity contribution is -0.115. The second kappa shape index (κ2) is 7.11. The molecule has 3 rings (SSSR count). The molecule has 1 aliphatic rings. The van der Waals surface area contributed by atoms with E-state index in [0.29, 0.717) is 40.4 Å². The molecule has 1 heterocycles. The minimum Gasteiger partial charge on any atom is -0.490 e. The molecule has 0 spiro atoms. The van der Waals surface area contributed by atoms with Gasteiger partial charge in [0.2, 0.25) is 5.91 Å². The van der Waals surface area contributed by atoms with Crippen molar-refractivity contribution in [1.29, 1.82) is 0 Å². The zero-order valence-corrected chi connectivity index (χ0v) is 13.8. The smallest absolute Gasteiger partial charge is 0.228 e. The van der Waals surface area contributed by atoms with Crippen molar-refractivity contribution in [2.75, 3.05) is 18.5 Å². The largest absolute Gasteiger partial charge is 0.490 e. The molecule has 1 amide bonds. The van der Waals surface area contributed by atoms with Crippen molar-refractivity contribution in [3.05, 3.63) is 52.0 Å². The molecule has 23 heavy (non-hydrogen) atoms. The van der Waals surface area contributed by atoms with Gasteiger partial charge in [0, 0.05) is 23.6 Å². The highest BCUT2D eigenvalue weighted by molar-refractivity contribution is 6.34. The van der Waals surface area contributed by atoms with Crippen molar-refractivity contribution in [2.45, 2.75) is 12.8 Å². The molecule has 1 N–H and O–H groups in total. The number of carbonyl (C=O) groups is 1. The first kappa shape index (κ1) is 16.0. The Morgan fingerprint density at radius 2 is 1.74 bits per heavy atom. The van der Waals surface area contributed by atoms with E-state index in [1.165, 1.54) is 0 Å². The lowest BCUT2D eigenvalue weighted by Crippen LogP contribution is -2.15. The quantitative estimate of drug-likeness (QED) is 0.894. The second-order valence-corrected chi connectivity index (χ2v) is 5.96. The zero-order chi connectivity index (χ0) is 16.2. The summed E-state index contributed by atoms with van der Waals surface area (Å²) in [6.45, 7) is 1.16. The molecule has 120 valence electrons. The number of amides is 1. The molecule has 1 aliphatic heterocycles. The van der Waals surface area contributed by atoms with Crippen molar-refractivity contribution < 1.29 is 14.3 Å². The third kappa shape index (κ3) is 3.89. The maximum atomic E-state index is 12.2. The van der Waals surface area contributed by atoms with E-state index in [1.807, 2.05) is 18.2 Å². The molecule has 0 atom stereocenters. The molecule has 0 aromatic heterocycles. The van der Waals surface area contributed by atoms with Gasteiger partial charge in [-0.05, 0) is 11.6 Å². The number of hydrogen-bond donors (Lipinski definition) is 1. The number of halogens is 2. The zero-order valence-electron chi connectivity index (χ0n) is 12.3. The fourth-order valence-electron chi connectivity index (χ4n) is 2.29. The summed E-state index contributed by atoms with van der Waals surface area (Å²) in [6.07, 6.45) is 0.977. The van der Waals surface area contributed by atoms with Gasteiger partial charge in [0.15, 0.2) is 11.5 Å². The van der Waals surface area contributed by atoms with E-state index in [2.05, 4.69) is 5.32 Å². The maximum Gasteiger partial charge on any atom is 0.228 e. The van der Waals surface area contributed by atoms with Gasteiger partial charge in [0.25, 0.3) is 0 Å². The molecular formula is C17H15Cl2NO3. The molecular weight excluding hydrogens is 337 g/mol. The van der Waals surface area contributed by atoms with Crippen molar-refractivity contribution in [3.63, 3.8) is 0 Å². The van der Waals surface area contributed by atoms with Crippen LogP contribution in [0.4, 0.5) is 5.69 Å². The van der Waals surface area contributed by atoms with Gasteiger partial charge in [-0.2, -0.15) is 0 Å². The maximum absolute atomic E-state index is 12.2. The van der Waals surface area contributed by atoms with Gasteiger partial charge in [-0.3, -0.25) is 4.79 Å². The molecule has 2 aromatic carbocycles. The fourth-order valence-corrected chi connectivity index (χ4v) is 2.69. The summed E-state index contributed by atoms with van der Waals surface area (Å²) < 4.78 is 11.2. The molecule has 0 radical (unpaired) electrons. The average Bonchev–Trinajstić information content (AvgIpc) is 2.75. The van der Waals surface area contributed by atoms with Crippen molar-refractivity contribution >= 4 is 34.8 Å². The standard InChI is InChI=1S/C17H15Cl2NO3/c18-12-5-2-1-4-11(12)8-17(21)20-14-10-16-15(9-13(14)19)22-6-3-7-23-16/h1-2,4-5,9-10H,3,6-8H2,(H,20,21). The number of anilines is 1. The fraction of sp³-hybridized carbons (Fsp3) is 0.235. The summed E-state index contributed by atoms with van der Waals surface area (Å²) in [5.74, 6) is 0.978. The number of nitrogens with one attached hydrogen (secondary N) is 1. The summed E-state index contributed by atoms with van der Waals surface area (Å²) in [4.78, 5) is 12.2. The Morgan fingerprint density at radius 1 is 1.04 bits per heavy atom. The Labute approximate surface area is 144 Å². The van der Waals surface area contributed by atoms with Gasteiger partial charge in [0.1, 0.15) is 0 Å². The van der Waals surface area contributed by atoms with E-state index in [1.54, 1.807) is 18.2 Å². The third-order valence-corrected chi connectivity index (χ3v) is 4.10. The Bertz CT molecular complexity index is 734. The Hall–Kier alpha value is -1.91. The lowest BCUT2D eigenvalue weighted by atomic mass is 10.1. The minimum atomic E-state index is -0.200. The van der Waals surface area contributed by atoms with Crippen molar-refractivity contribution in [2.24, 2.45) is 0 Å². The molecule has 2 aromatic rings. The van der Waals surface area contributed by atoms with Crippen LogP contribution < -0.4 is 14.8 Å². The summed E-state index contributed by atoms with van der Waals surface area (Å²) in [5.41, 5.74) is 1.25. The number of fused-ring (bicyclic) bond motifs is 1. The summed E-state index contributed by atoms with van der Waals surface area (Å²) in [6, 6.07) is 10.6. The topological polar surface area (TPSA) is 47.6 Å². The predicted molar refractivity (Wildman–Crippen MR) is 90.8 cm³/mol. The molecule has 0 saturated heterocycles. The highest BCUT2D eigenvalue weighted by Crippen LogP contribution is 2.37. The van der Waals surface area contributed by atoms with Crippen LogP contribution in [0.3, 0.4) is 0 Å². The van der Waals surface area contributed by atoms with Crippen LogP contribution in [0.1, 0.15) is 12.0 Å². The highest BCUT2D eigenvalue weighted by Gasteiger charge is 2.16. The van der Waals surface area contributed by atoms with Gasteiger partial charge in [0.05, 0.1) is 30.3 Å². The Morgan fingerprint density at radius 3 is 2.48 bits per heavy atom. The van der Waals surface area contributed by atoms with Gasteiger partial charge in [-0.1, -0.05) is 41.4 Å². The molecule has 0 saturated carbocycles. The van der Waals surface area contributed by atoms with Crippen LogP contribution in [0.25, 0.3) is 0 Å². The van der Waals surface area contributed by atoms with Gasteiger partial charge in [-0.15, -0.1) is 0 Å². The van der Waals surface area contributed by atoms with Crippen LogP contribution in [0.2, 0.25) is 10.0 Å². The number of ether oxygens (including phenoxy) is 2. The van der Waals surface area contributed by atoms with Crippen LogP contribution in [0, 0.1) is 0 Å². The average molecular weight is 352 g/mol. The van der Waals surface area contributed by atoms with Crippen LogP contribution >= 0.6 is 23.2 Å². The number of benzene rings is 2. The summed E-state index contributed by atoms with van der Waals surface area (Å²) >= 11 is 12.3. The van der Waals surface area contributed by atoms with Crippen molar-refractivity contribution in [3.8, 4) is 11.5 Å². The van der Waals surface area contributed by atoms with Crippen LogP contribution in [0.5, 0.6) is 11.5 Å². The summed E-state index contributed by atoms with van der Waals surface area (Å²) in [5, 5.41) is 3.76. The van der Waals surface area contributed by atoms with Gasteiger partial charge < -0.3 is 14.8 Å². The van der Waals surface area contributed by atoms with E-state index in [-0.39, 0.29) is 12.3 Å². The normalized spacial score (nSPS) is 13.3. The van der Waals surface area contributed by atoms with Crippen LogP contribution in [-0.4, -0.2) is 19.1 Å². The van der Waals surface area contributed by atoms with E-state index in [9.17, 15) is 4.79 Å². The van der Waals surface area contributed by atoms with Gasteiger partial charge in [-0.25, -0.2) is 0 Å². The lowest BCUT2D eigenvalue weighted by Gasteiger charge is -2.12. The van der Waals surface area contributed by atoms with Gasteiger partial charge >= 0.3 is 0 Å². The van der Waals surface area contributed by atoms with E-state index in [0.717, 1.165) is 12.0 Å². The van der Waals surface area contributed by atoms with Crippen LogP contribution in [-0.2, 0) is 11.2 Å². The first-order chi connectivity index (χ1) is 11.1. The first-order valence-corrected chi connectivity index (χ1v) is 8.01. The molecule has 6 heteroatoms. The first-order valence-electron chi connectivity index (χ1n) is 7.26. The molecule has 0 bridgehead atoms. The minimum absolute atomic E-state index is 0.171. The molecule has 0 unspecified atom stereocenters. The van der Waals surface area contributed by atoms with E-state index >= 15 is 0 Å². The predicted octanol–water partition coefficient (Wildman–Crippen LogP) is 4.34. The number of rotatable bonds is 3. The Balaban J connectivity index is 1.76. The molecule has 0 fully saturated rings. The highest BCUT2D eigenvalue weighted by atomic mass is 35.5. The van der Waals surface area contributed by atoms with Crippen molar-refractivity contribution in [1.82, 2.24) is 0 Å². The molecule has 0 aliphatic carbocycles. The van der Waals surface area contributed by atoms with E-state index < -0.39 is 0 Å². The molecule has 4 nitrogen and oxygen atoms in total.